The summed E-state index contributed by atoms with van der Waals surface area (Å²) in [6.07, 6.45) is 9.99. The summed E-state index contributed by atoms with van der Waals surface area (Å²) in [5, 5.41) is 3.56. The predicted molar refractivity (Wildman–Crippen MR) is 78.9 cm³/mol. The molecule has 2 nitrogen and oxygen atoms in total. The van der Waals surface area contributed by atoms with Crippen LogP contribution in [0.4, 0.5) is 0 Å². The molecule has 0 aromatic carbocycles. The Balaban J connectivity index is 1.82. The van der Waals surface area contributed by atoms with Crippen molar-refractivity contribution in [2.45, 2.75) is 70.9 Å². The van der Waals surface area contributed by atoms with Crippen LogP contribution in [0.5, 0.6) is 0 Å². The highest BCUT2D eigenvalue weighted by Gasteiger charge is 2.33. The first kappa shape index (κ1) is 14.3. The Hall–Kier alpha value is -0.0800. The zero-order valence-electron chi connectivity index (χ0n) is 12.6. The van der Waals surface area contributed by atoms with E-state index in [1.807, 2.05) is 0 Å². The molecule has 106 valence electrons. The fourth-order valence-corrected chi connectivity index (χ4v) is 3.39. The molecule has 0 amide bonds. The van der Waals surface area contributed by atoms with Crippen molar-refractivity contribution in [1.82, 2.24) is 10.2 Å². The van der Waals surface area contributed by atoms with E-state index in [-0.39, 0.29) is 0 Å². The van der Waals surface area contributed by atoms with E-state index in [1.54, 1.807) is 0 Å². The van der Waals surface area contributed by atoms with Gasteiger partial charge in [0, 0.05) is 18.6 Å². The minimum absolute atomic E-state index is 0.777. The van der Waals surface area contributed by atoms with E-state index in [1.165, 1.54) is 58.0 Å². The summed E-state index contributed by atoms with van der Waals surface area (Å²) < 4.78 is 0. The summed E-state index contributed by atoms with van der Waals surface area (Å²) >= 11 is 0. The van der Waals surface area contributed by atoms with E-state index < -0.39 is 0 Å². The zero-order chi connectivity index (χ0) is 13.0. The summed E-state index contributed by atoms with van der Waals surface area (Å²) in [6, 6.07) is 1.71. The van der Waals surface area contributed by atoms with E-state index in [0.717, 1.165) is 23.9 Å². The van der Waals surface area contributed by atoms with Gasteiger partial charge < -0.3 is 10.2 Å². The Kier molecular flexibility index (Phi) is 5.50. The molecule has 0 aromatic rings. The molecule has 2 fully saturated rings. The standard InChI is InChI=1S/C16H32N2/c1-13(2)10-11-18(15-8-9-15)12-14-6-4-5-7-16(14)17-3/h13-17H,4-12H2,1-3H3. The molecular weight excluding hydrogens is 220 g/mol. The van der Waals surface area contributed by atoms with Gasteiger partial charge in [-0.1, -0.05) is 26.7 Å². The highest BCUT2D eigenvalue weighted by molar-refractivity contribution is 4.89. The van der Waals surface area contributed by atoms with E-state index in [4.69, 9.17) is 0 Å². The van der Waals surface area contributed by atoms with Crippen LogP contribution >= 0.6 is 0 Å². The predicted octanol–water partition coefficient (Wildman–Crippen LogP) is 3.28. The maximum absolute atomic E-state index is 3.56. The smallest absolute Gasteiger partial charge is 0.0104 e. The third kappa shape index (κ3) is 4.24. The highest BCUT2D eigenvalue weighted by Crippen LogP contribution is 2.31. The van der Waals surface area contributed by atoms with Gasteiger partial charge in [0.25, 0.3) is 0 Å². The van der Waals surface area contributed by atoms with Crippen molar-refractivity contribution in [1.29, 1.82) is 0 Å². The van der Waals surface area contributed by atoms with Crippen LogP contribution in [0.15, 0.2) is 0 Å². The Morgan fingerprint density at radius 2 is 1.83 bits per heavy atom. The van der Waals surface area contributed by atoms with Crippen molar-refractivity contribution >= 4 is 0 Å². The first-order valence-corrected chi connectivity index (χ1v) is 8.12. The van der Waals surface area contributed by atoms with Gasteiger partial charge in [-0.05, 0) is 57.5 Å². The van der Waals surface area contributed by atoms with Gasteiger partial charge in [0.2, 0.25) is 0 Å². The maximum Gasteiger partial charge on any atom is 0.0104 e. The topological polar surface area (TPSA) is 15.3 Å². The van der Waals surface area contributed by atoms with E-state index in [0.29, 0.717) is 0 Å². The molecule has 2 aliphatic carbocycles. The monoisotopic (exact) mass is 252 g/mol. The first-order valence-electron chi connectivity index (χ1n) is 8.12. The average molecular weight is 252 g/mol. The molecule has 0 aromatic heterocycles. The number of rotatable bonds is 7. The molecule has 0 aliphatic heterocycles. The van der Waals surface area contributed by atoms with Gasteiger partial charge >= 0.3 is 0 Å². The van der Waals surface area contributed by atoms with Crippen molar-refractivity contribution in [3.63, 3.8) is 0 Å². The fourth-order valence-electron chi connectivity index (χ4n) is 3.39. The highest BCUT2D eigenvalue weighted by atomic mass is 15.2. The summed E-state index contributed by atoms with van der Waals surface area (Å²) in [7, 11) is 2.15. The molecule has 2 heteroatoms. The molecule has 2 aliphatic rings. The SMILES string of the molecule is CNC1CCCCC1CN(CCC(C)C)C1CC1. The number of hydrogen-bond acceptors (Lipinski definition) is 2. The summed E-state index contributed by atoms with van der Waals surface area (Å²) in [5.41, 5.74) is 0. The average Bonchev–Trinajstić information content (AvgIpc) is 3.19. The van der Waals surface area contributed by atoms with Crippen molar-refractivity contribution in [3.05, 3.63) is 0 Å². The molecule has 0 spiro atoms. The Morgan fingerprint density at radius 3 is 2.44 bits per heavy atom. The molecular formula is C16H32N2. The van der Waals surface area contributed by atoms with E-state index in [2.05, 4.69) is 31.1 Å². The van der Waals surface area contributed by atoms with Crippen molar-refractivity contribution < 1.29 is 0 Å². The third-order valence-electron chi connectivity index (χ3n) is 4.81. The molecule has 2 atom stereocenters. The number of nitrogens with zero attached hydrogens (tertiary/aromatic N) is 1. The van der Waals surface area contributed by atoms with Gasteiger partial charge in [-0.3, -0.25) is 0 Å². The normalized spacial score (nSPS) is 29.2. The second-order valence-corrected chi connectivity index (χ2v) is 6.85. The van der Waals surface area contributed by atoms with Crippen LogP contribution in [0.1, 0.15) is 58.8 Å². The van der Waals surface area contributed by atoms with Crippen LogP contribution in [-0.4, -0.2) is 37.1 Å². The Labute approximate surface area is 114 Å². The lowest BCUT2D eigenvalue weighted by molar-refractivity contribution is 0.159. The van der Waals surface area contributed by atoms with E-state index >= 15 is 0 Å². The molecule has 2 unspecified atom stereocenters. The largest absolute Gasteiger partial charge is 0.317 e. The lowest BCUT2D eigenvalue weighted by atomic mass is 9.84. The molecule has 18 heavy (non-hydrogen) atoms. The van der Waals surface area contributed by atoms with Gasteiger partial charge in [0.05, 0.1) is 0 Å². The summed E-state index contributed by atoms with van der Waals surface area (Å²) in [4.78, 5) is 2.81. The van der Waals surface area contributed by atoms with Crippen LogP contribution in [0, 0.1) is 11.8 Å². The second-order valence-electron chi connectivity index (χ2n) is 6.85. The molecule has 0 bridgehead atoms. The van der Waals surface area contributed by atoms with Gasteiger partial charge in [0.1, 0.15) is 0 Å². The van der Waals surface area contributed by atoms with Crippen LogP contribution in [0.25, 0.3) is 0 Å². The van der Waals surface area contributed by atoms with Crippen LogP contribution in [0.3, 0.4) is 0 Å². The lowest BCUT2D eigenvalue weighted by Gasteiger charge is -2.36. The van der Waals surface area contributed by atoms with Crippen molar-refractivity contribution in [3.8, 4) is 0 Å². The second kappa shape index (κ2) is 6.91. The maximum atomic E-state index is 3.56. The molecule has 2 rings (SSSR count). The molecule has 2 saturated carbocycles. The van der Waals surface area contributed by atoms with Crippen molar-refractivity contribution in [2.75, 3.05) is 20.1 Å². The van der Waals surface area contributed by atoms with Crippen LogP contribution in [-0.2, 0) is 0 Å². The summed E-state index contributed by atoms with van der Waals surface area (Å²) in [5.74, 6) is 1.74. The molecule has 0 saturated heterocycles. The first-order chi connectivity index (χ1) is 8.70. The summed E-state index contributed by atoms with van der Waals surface area (Å²) in [6.45, 7) is 7.38. The zero-order valence-corrected chi connectivity index (χ0v) is 12.6. The molecule has 0 radical (unpaired) electrons. The van der Waals surface area contributed by atoms with Gasteiger partial charge in [-0.15, -0.1) is 0 Å². The Bertz CT molecular complexity index is 235. The minimum atomic E-state index is 0.777. The third-order valence-corrected chi connectivity index (χ3v) is 4.81. The molecule has 0 heterocycles. The fraction of sp³-hybridized carbons (Fsp3) is 1.00. The number of hydrogen-bond donors (Lipinski definition) is 1. The van der Waals surface area contributed by atoms with Crippen LogP contribution < -0.4 is 5.32 Å². The van der Waals surface area contributed by atoms with Crippen molar-refractivity contribution in [2.24, 2.45) is 11.8 Å². The Morgan fingerprint density at radius 1 is 1.11 bits per heavy atom. The van der Waals surface area contributed by atoms with Gasteiger partial charge in [-0.2, -0.15) is 0 Å². The van der Waals surface area contributed by atoms with Gasteiger partial charge in [-0.25, -0.2) is 0 Å². The number of nitrogens with one attached hydrogen (secondary N) is 1. The van der Waals surface area contributed by atoms with E-state index in [9.17, 15) is 0 Å². The minimum Gasteiger partial charge on any atom is -0.317 e. The molecule has 1 N–H and O–H groups in total. The lowest BCUT2D eigenvalue weighted by Crippen LogP contribution is -2.44. The quantitative estimate of drug-likeness (QED) is 0.748. The van der Waals surface area contributed by atoms with Gasteiger partial charge in [0.15, 0.2) is 0 Å². The van der Waals surface area contributed by atoms with Crippen LogP contribution in [0.2, 0.25) is 0 Å².